The Morgan fingerprint density at radius 2 is 1.64 bits per heavy atom. The Morgan fingerprint density at radius 1 is 0.940 bits per heavy atom. The molecular formula is C35H33Cl2F2N5O5S. The lowest BCUT2D eigenvalue weighted by molar-refractivity contribution is -0.0498. The second-order valence-electron chi connectivity index (χ2n) is 11.9. The summed E-state index contributed by atoms with van der Waals surface area (Å²) in [5, 5.41) is 1.26. The van der Waals surface area contributed by atoms with Crippen LogP contribution in [-0.4, -0.2) is 73.5 Å². The highest BCUT2D eigenvalue weighted by molar-refractivity contribution is 7.92. The van der Waals surface area contributed by atoms with Gasteiger partial charge in [0.05, 0.1) is 32.3 Å². The topological polar surface area (TPSA) is 97.2 Å². The third-order valence-electron chi connectivity index (χ3n) is 8.62. The van der Waals surface area contributed by atoms with Crippen LogP contribution in [0.1, 0.15) is 21.6 Å². The summed E-state index contributed by atoms with van der Waals surface area (Å²) in [6.07, 6.45) is 1.43. The molecule has 0 aliphatic carbocycles. The molecule has 3 aromatic carbocycles. The normalized spacial score (nSPS) is 14.0. The van der Waals surface area contributed by atoms with Crippen LogP contribution in [0.2, 0.25) is 10.0 Å². The minimum Gasteiger partial charge on any atom is -0.439 e. The van der Waals surface area contributed by atoms with Crippen LogP contribution in [0.4, 0.5) is 14.5 Å². The van der Waals surface area contributed by atoms with Crippen LogP contribution in [0.15, 0.2) is 83.9 Å². The van der Waals surface area contributed by atoms with Crippen molar-refractivity contribution in [1.29, 1.82) is 0 Å². The van der Waals surface area contributed by atoms with Gasteiger partial charge in [0, 0.05) is 64.3 Å². The predicted molar refractivity (Wildman–Crippen MR) is 188 cm³/mol. The first-order chi connectivity index (χ1) is 23.8. The summed E-state index contributed by atoms with van der Waals surface area (Å²) < 4.78 is 64.8. The molecule has 1 saturated heterocycles. The number of amides is 1. The van der Waals surface area contributed by atoms with Crippen molar-refractivity contribution >= 4 is 55.7 Å². The summed E-state index contributed by atoms with van der Waals surface area (Å²) in [5.41, 5.74) is 3.29. The standard InChI is InChI=1S/C35H33Cl2F2N5O5S/c1-22-16-33(40-20-32(22)42(3)50(46,47)27-10-11-28(36)29(37)19-27)48-26-9-6-24-17-31(41(2)30(24)18-26)34(45)44-14-12-43(13-15-44)21-23-4-7-25(8-5-23)49-35(38)39/h4-11,16-20,35H,12-15,21H2,1-3H3. The number of halogens is 4. The van der Waals surface area contributed by atoms with Crippen molar-refractivity contribution in [2.24, 2.45) is 7.05 Å². The lowest BCUT2D eigenvalue weighted by Crippen LogP contribution is -2.48. The molecule has 6 rings (SSSR count). The van der Waals surface area contributed by atoms with E-state index in [4.69, 9.17) is 27.9 Å². The van der Waals surface area contributed by atoms with Crippen LogP contribution >= 0.6 is 23.2 Å². The smallest absolute Gasteiger partial charge is 0.387 e. The summed E-state index contributed by atoms with van der Waals surface area (Å²) in [6.45, 7) is 1.98. The molecule has 5 aromatic rings. The highest BCUT2D eigenvalue weighted by Gasteiger charge is 2.26. The summed E-state index contributed by atoms with van der Waals surface area (Å²) >= 11 is 12.0. The second kappa shape index (κ2) is 14.4. The first-order valence-electron chi connectivity index (χ1n) is 15.5. The van der Waals surface area contributed by atoms with Gasteiger partial charge in [-0.05, 0) is 66.6 Å². The number of ether oxygens (including phenoxy) is 2. The van der Waals surface area contributed by atoms with Gasteiger partial charge in [-0.3, -0.25) is 14.0 Å². The van der Waals surface area contributed by atoms with Crippen LogP contribution < -0.4 is 13.8 Å². The van der Waals surface area contributed by atoms with Gasteiger partial charge in [-0.25, -0.2) is 13.4 Å². The number of hydrogen-bond acceptors (Lipinski definition) is 7. The molecule has 10 nitrogen and oxygen atoms in total. The average molecular weight is 745 g/mol. The van der Waals surface area contributed by atoms with E-state index in [1.54, 1.807) is 31.2 Å². The van der Waals surface area contributed by atoms with Crippen molar-refractivity contribution in [1.82, 2.24) is 19.4 Å². The molecule has 0 unspecified atom stereocenters. The second-order valence-corrected chi connectivity index (χ2v) is 14.6. The zero-order valence-electron chi connectivity index (χ0n) is 27.3. The van der Waals surface area contributed by atoms with Crippen LogP contribution in [0, 0.1) is 6.92 Å². The first kappa shape index (κ1) is 35.4. The number of sulfonamides is 1. The fourth-order valence-corrected chi connectivity index (χ4v) is 7.47. The molecule has 1 aliphatic rings. The van der Waals surface area contributed by atoms with Crippen molar-refractivity contribution in [3.05, 3.63) is 106 Å². The molecule has 0 radical (unpaired) electrons. The van der Waals surface area contributed by atoms with E-state index in [9.17, 15) is 22.0 Å². The van der Waals surface area contributed by atoms with E-state index in [1.165, 1.54) is 43.6 Å². The Kier molecular flexibility index (Phi) is 10.2. The number of carbonyl (C=O) groups excluding carboxylic acids is 1. The number of aryl methyl sites for hydroxylation is 2. The molecular weight excluding hydrogens is 711 g/mol. The molecule has 0 saturated carbocycles. The van der Waals surface area contributed by atoms with E-state index in [2.05, 4.69) is 14.6 Å². The van der Waals surface area contributed by atoms with E-state index in [0.717, 1.165) is 20.8 Å². The predicted octanol–water partition coefficient (Wildman–Crippen LogP) is 7.37. The number of piperazine rings is 1. The van der Waals surface area contributed by atoms with Crippen LogP contribution in [0.3, 0.4) is 0 Å². The van der Waals surface area contributed by atoms with E-state index in [0.29, 0.717) is 55.4 Å². The molecule has 262 valence electrons. The van der Waals surface area contributed by atoms with E-state index in [-0.39, 0.29) is 32.5 Å². The number of pyridine rings is 1. The van der Waals surface area contributed by atoms with Crippen molar-refractivity contribution in [3.63, 3.8) is 0 Å². The summed E-state index contributed by atoms with van der Waals surface area (Å²) in [6, 6.07) is 19.7. The molecule has 1 fully saturated rings. The number of alkyl halides is 2. The molecule has 1 amide bonds. The molecule has 15 heteroatoms. The number of anilines is 1. The lowest BCUT2D eigenvalue weighted by Gasteiger charge is -2.34. The van der Waals surface area contributed by atoms with Gasteiger partial charge >= 0.3 is 6.61 Å². The molecule has 0 atom stereocenters. The van der Waals surface area contributed by atoms with E-state index < -0.39 is 16.6 Å². The number of rotatable bonds is 10. The van der Waals surface area contributed by atoms with Gasteiger partial charge in [0.15, 0.2) is 0 Å². The quantitative estimate of drug-likeness (QED) is 0.147. The minimum absolute atomic E-state index is 0.00394. The number of benzene rings is 3. The highest BCUT2D eigenvalue weighted by Crippen LogP contribution is 2.32. The fraction of sp³-hybridized carbons (Fsp3) is 0.257. The summed E-state index contributed by atoms with van der Waals surface area (Å²) in [7, 11) is -0.673. The zero-order chi connectivity index (χ0) is 35.7. The van der Waals surface area contributed by atoms with Crippen molar-refractivity contribution in [3.8, 4) is 17.4 Å². The monoisotopic (exact) mass is 743 g/mol. The minimum atomic E-state index is -3.94. The summed E-state index contributed by atoms with van der Waals surface area (Å²) in [4.78, 5) is 22.0. The van der Waals surface area contributed by atoms with E-state index in [1.807, 2.05) is 34.7 Å². The van der Waals surface area contributed by atoms with Crippen LogP contribution in [0.25, 0.3) is 10.9 Å². The largest absolute Gasteiger partial charge is 0.439 e. The van der Waals surface area contributed by atoms with Crippen molar-refractivity contribution in [2.75, 3.05) is 37.5 Å². The molecule has 0 N–H and O–H groups in total. The van der Waals surface area contributed by atoms with Crippen molar-refractivity contribution < 1.29 is 31.5 Å². The Morgan fingerprint density at radius 3 is 2.30 bits per heavy atom. The van der Waals surface area contributed by atoms with Gasteiger partial charge in [0.2, 0.25) is 5.88 Å². The van der Waals surface area contributed by atoms with Crippen molar-refractivity contribution in [2.45, 2.75) is 25.0 Å². The van der Waals surface area contributed by atoms with Gasteiger partial charge in [0.1, 0.15) is 17.2 Å². The lowest BCUT2D eigenvalue weighted by atomic mass is 10.2. The number of hydrogen-bond donors (Lipinski definition) is 0. The number of fused-ring (bicyclic) bond motifs is 1. The van der Waals surface area contributed by atoms with Gasteiger partial charge < -0.3 is 18.9 Å². The Labute approximate surface area is 298 Å². The summed E-state index contributed by atoms with van der Waals surface area (Å²) in [5.74, 6) is 0.810. The molecule has 2 aromatic heterocycles. The average Bonchev–Trinajstić information content (AvgIpc) is 3.41. The molecule has 0 bridgehead atoms. The van der Waals surface area contributed by atoms with Crippen LogP contribution in [-0.2, 0) is 23.6 Å². The maximum absolute atomic E-state index is 13.6. The number of aromatic nitrogens is 2. The Hall–Kier alpha value is -4.43. The maximum Gasteiger partial charge on any atom is 0.387 e. The first-order valence-corrected chi connectivity index (χ1v) is 17.7. The highest BCUT2D eigenvalue weighted by atomic mass is 35.5. The molecule has 50 heavy (non-hydrogen) atoms. The third-order valence-corrected chi connectivity index (χ3v) is 11.1. The number of carbonyl (C=O) groups is 1. The third kappa shape index (κ3) is 7.51. The molecule has 0 spiro atoms. The Balaban J connectivity index is 1.10. The van der Waals surface area contributed by atoms with Gasteiger partial charge in [-0.2, -0.15) is 8.78 Å². The SMILES string of the molecule is Cc1cc(Oc2ccc3cc(C(=O)N4CCN(Cc5ccc(OC(F)F)cc5)CC4)n(C)c3c2)ncc1N(C)S(=O)(=O)c1ccc(Cl)c(Cl)c1. The molecule has 1 aliphatic heterocycles. The van der Waals surface area contributed by atoms with Crippen LogP contribution in [0.5, 0.6) is 17.4 Å². The van der Waals surface area contributed by atoms with Gasteiger partial charge in [-0.15, -0.1) is 0 Å². The number of nitrogens with zero attached hydrogens (tertiary/aromatic N) is 5. The zero-order valence-corrected chi connectivity index (χ0v) is 29.6. The maximum atomic E-state index is 13.6. The van der Waals surface area contributed by atoms with E-state index >= 15 is 0 Å². The van der Waals surface area contributed by atoms with Gasteiger partial charge in [-0.1, -0.05) is 35.3 Å². The Bertz CT molecular complexity index is 2160. The fourth-order valence-electron chi connectivity index (χ4n) is 5.84. The van der Waals surface area contributed by atoms with Gasteiger partial charge in [0.25, 0.3) is 15.9 Å². The molecule has 3 heterocycles.